The number of amides is 1. The zero-order chi connectivity index (χ0) is 15.6. The normalized spacial score (nSPS) is 27.2. The maximum Gasteiger partial charge on any atom is 0.415 e. The Bertz CT molecular complexity index is 383. The number of hydrogen-bond acceptors (Lipinski definition) is 3. The molecule has 1 aliphatic rings. The highest BCUT2D eigenvalue weighted by atomic mass is 19.4. The summed E-state index contributed by atoms with van der Waals surface area (Å²) in [5.74, 6) is -3.36. The van der Waals surface area contributed by atoms with Crippen molar-refractivity contribution in [2.24, 2.45) is 11.7 Å². The summed E-state index contributed by atoms with van der Waals surface area (Å²) in [4.78, 5) is 22.9. The largest absolute Gasteiger partial charge is 0.481 e. The van der Waals surface area contributed by atoms with Gasteiger partial charge in [0.2, 0.25) is 5.91 Å². The first-order valence-corrected chi connectivity index (χ1v) is 6.46. The van der Waals surface area contributed by atoms with Crippen LogP contribution in [-0.2, 0) is 9.59 Å². The lowest BCUT2D eigenvalue weighted by molar-refractivity contribution is -0.188. The third kappa shape index (κ3) is 3.62. The van der Waals surface area contributed by atoms with Crippen molar-refractivity contribution in [2.75, 3.05) is 0 Å². The number of hydrogen-bond donors (Lipinski definition) is 3. The number of nitrogens with one attached hydrogen (secondary N) is 1. The van der Waals surface area contributed by atoms with Crippen LogP contribution in [-0.4, -0.2) is 34.7 Å². The number of aliphatic carboxylic acids is 1. The van der Waals surface area contributed by atoms with E-state index in [0.717, 1.165) is 6.42 Å². The highest BCUT2D eigenvalue weighted by Crippen LogP contribution is 2.29. The van der Waals surface area contributed by atoms with Crippen LogP contribution in [0.2, 0.25) is 0 Å². The van der Waals surface area contributed by atoms with E-state index in [-0.39, 0.29) is 0 Å². The fourth-order valence-corrected chi connectivity index (χ4v) is 2.22. The van der Waals surface area contributed by atoms with Gasteiger partial charge in [0.1, 0.15) is 0 Å². The summed E-state index contributed by atoms with van der Waals surface area (Å²) in [5.41, 5.74) is 2.01. The number of carbonyl (C=O) groups excluding carboxylic acids is 1. The van der Waals surface area contributed by atoms with Gasteiger partial charge in [-0.3, -0.25) is 9.59 Å². The molecule has 1 fully saturated rings. The third-order valence-corrected chi connectivity index (χ3v) is 3.71. The van der Waals surface area contributed by atoms with Gasteiger partial charge in [-0.1, -0.05) is 19.3 Å². The molecule has 1 rings (SSSR count). The number of carbonyl (C=O) groups is 2. The van der Waals surface area contributed by atoms with Crippen LogP contribution < -0.4 is 11.1 Å². The first-order valence-electron chi connectivity index (χ1n) is 6.46. The second-order valence-corrected chi connectivity index (χ2v) is 5.36. The van der Waals surface area contributed by atoms with Gasteiger partial charge in [-0.15, -0.1) is 0 Å². The number of alkyl halides is 3. The van der Waals surface area contributed by atoms with E-state index in [4.69, 9.17) is 10.8 Å². The molecular formula is C12H19F3N2O3. The Morgan fingerprint density at radius 3 is 2.25 bits per heavy atom. The van der Waals surface area contributed by atoms with E-state index < -0.39 is 35.6 Å². The molecular weight excluding hydrogens is 277 g/mol. The van der Waals surface area contributed by atoms with E-state index in [9.17, 15) is 22.8 Å². The van der Waals surface area contributed by atoms with Crippen LogP contribution in [0.25, 0.3) is 0 Å². The van der Waals surface area contributed by atoms with Gasteiger partial charge >= 0.3 is 12.1 Å². The van der Waals surface area contributed by atoms with Gasteiger partial charge in [0.15, 0.2) is 5.54 Å². The van der Waals surface area contributed by atoms with Crippen LogP contribution in [0, 0.1) is 5.92 Å². The molecule has 0 aromatic heterocycles. The molecule has 5 nitrogen and oxygen atoms in total. The van der Waals surface area contributed by atoms with Crippen molar-refractivity contribution >= 4 is 11.9 Å². The predicted molar refractivity (Wildman–Crippen MR) is 64.8 cm³/mol. The van der Waals surface area contributed by atoms with Gasteiger partial charge in [-0.25, -0.2) is 0 Å². The molecule has 1 amide bonds. The molecule has 0 radical (unpaired) electrons. The van der Waals surface area contributed by atoms with Crippen LogP contribution in [0.5, 0.6) is 0 Å². The number of carboxylic acid groups (broad SMARTS) is 1. The maximum atomic E-state index is 12.7. The minimum absolute atomic E-state index is 0.341. The molecule has 3 unspecified atom stereocenters. The molecule has 4 N–H and O–H groups in total. The zero-order valence-corrected chi connectivity index (χ0v) is 11.2. The van der Waals surface area contributed by atoms with E-state index >= 15 is 0 Å². The number of rotatable bonds is 3. The molecule has 0 bridgehead atoms. The van der Waals surface area contributed by atoms with Gasteiger partial charge in [0, 0.05) is 6.04 Å². The predicted octanol–water partition coefficient (Wildman–Crippen LogP) is 1.42. The fourth-order valence-electron chi connectivity index (χ4n) is 2.22. The lowest BCUT2D eigenvalue weighted by Crippen LogP contribution is -2.63. The quantitative estimate of drug-likeness (QED) is 0.687. The van der Waals surface area contributed by atoms with Crippen LogP contribution in [0.15, 0.2) is 0 Å². The van der Waals surface area contributed by atoms with E-state index in [1.165, 1.54) is 0 Å². The Labute approximate surface area is 114 Å². The maximum absolute atomic E-state index is 12.7. The van der Waals surface area contributed by atoms with Gasteiger partial charge in [-0.05, 0) is 19.8 Å². The van der Waals surface area contributed by atoms with E-state index in [0.29, 0.717) is 32.6 Å². The SMILES string of the molecule is CC(N)(C(=O)NC1CCCCCC1C(=O)O)C(F)(F)F. The lowest BCUT2D eigenvalue weighted by atomic mass is 9.93. The average Bonchev–Trinajstić information content (AvgIpc) is 2.52. The molecule has 1 saturated carbocycles. The number of nitrogens with two attached hydrogens (primary N) is 1. The number of carboxylic acids is 1. The van der Waals surface area contributed by atoms with Gasteiger partial charge in [0.25, 0.3) is 0 Å². The standard InChI is InChI=1S/C12H19F3N2O3/c1-11(16,12(13,14)15)10(20)17-8-6-4-2-3-5-7(8)9(18)19/h7-8H,2-6,16H2,1H3,(H,17,20)(H,18,19). The molecule has 0 saturated heterocycles. The Hall–Kier alpha value is -1.31. The second-order valence-electron chi connectivity index (χ2n) is 5.36. The summed E-state index contributed by atoms with van der Waals surface area (Å²) in [6.45, 7) is 0.578. The second kappa shape index (κ2) is 5.99. The van der Waals surface area contributed by atoms with Gasteiger partial charge in [0.05, 0.1) is 5.92 Å². The smallest absolute Gasteiger partial charge is 0.415 e. The Morgan fingerprint density at radius 1 is 1.20 bits per heavy atom. The first-order chi connectivity index (χ1) is 9.07. The molecule has 116 valence electrons. The summed E-state index contributed by atoms with van der Waals surface area (Å²) in [7, 11) is 0. The van der Waals surface area contributed by atoms with Crippen molar-refractivity contribution in [3.63, 3.8) is 0 Å². The molecule has 1 aliphatic carbocycles. The summed E-state index contributed by atoms with van der Waals surface area (Å²) in [5, 5.41) is 11.3. The van der Waals surface area contributed by atoms with Crippen molar-refractivity contribution in [3.8, 4) is 0 Å². The van der Waals surface area contributed by atoms with Crippen LogP contribution in [0.4, 0.5) is 13.2 Å². The van der Waals surface area contributed by atoms with Crippen molar-refractivity contribution < 1.29 is 27.9 Å². The minimum atomic E-state index is -4.89. The topological polar surface area (TPSA) is 92.4 Å². The van der Waals surface area contributed by atoms with E-state index in [1.807, 2.05) is 0 Å². The molecule has 3 atom stereocenters. The molecule has 0 aliphatic heterocycles. The monoisotopic (exact) mass is 296 g/mol. The Balaban J connectivity index is 2.83. The molecule has 20 heavy (non-hydrogen) atoms. The fraction of sp³-hybridized carbons (Fsp3) is 0.833. The van der Waals surface area contributed by atoms with Crippen molar-refractivity contribution in [2.45, 2.75) is 56.8 Å². The van der Waals surface area contributed by atoms with E-state index in [2.05, 4.69) is 5.32 Å². The molecule has 0 spiro atoms. The molecule has 0 heterocycles. The first kappa shape index (κ1) is 16.7. The lowest BCUT2D eigenvalue weighted by Gasteiger charge is -2.30. The number of halogens is 3. The average molecular weight is 296 g/mol. The minimum Gasteiger partial charge on any atom is -0.481 e. The van der Waals surface area contributed by atoms with Crippen molar-refractivity contribution in [1.29, 1.82) is 0 Å². The van der Waals surface area contributed by atoms with Crippen LogP contribution in [0.1, 0.15) is 39.0 Å². The third-order valence-electron chi connectivity index (χ3n) is 3.71. The summed E-state index contributed by atoms with van der Waals surface area (Å²) < 4.78 is 38.0. The van der Waals surface area contributed by atoms with Crippen molar-refractivity contribution in [3.05, 3.63) is 0 Å². The molecule has 8 heteroatoms. The van der Waals surface area contributed by atoms with Gasteiger partial charge < -0.3 is 16.2 Å². The molecule has 0 aromatic rings. The highest BCUT2D eigenvalue weighted by molar-refractivity contribution is 5.87. The Kier molecular flexibility index (Phi) is 5.01. The highest BCUT2D eigenvalue weighted by Gasteiger charge is 2.54. The summed E-state index contributed by atoms with van der Waals surface area (Å²) >= 11 is 0. The Morgan fingerprint density at radius 2 is 1.75 bits per heavy atom. The summed E-state index contributed by atoms with van der Waals surface area (Å²) in [6.07, 6.45) is -2.05. The van der Waals surface area contributed by atoms with E-state index in [1.54, 1.807) is 0 Å². The zero-order valence-electron chi connectivity index (χ0n) is 11.2. The van der Waals surface area contributed by atoms with Gasteiger partial charge in [-0.2, -0.15) is 13.2 Å². The molecule has 0 aromatic carbocycles. The van der Waals surface area contributed by atoms with Crippen LogP contribution in [0.3, 0.4) is 0 Å². The van der Waals surface area contributed by atoms with Crippen molar-refractivity contribution in [1.82, 2.24) is 5.32 Å². The summed E-state index contributed by atoms with van der Waals surface area (Å²) in [6, 6.07) is -0.812. The van der Waals surface area contributed by atoms with Crippen LogP contribution >= 0.6 is 0 Å².